The second-order valence-electron chi connectivity index (χ2n) is 7.23. The lowest BCUT2D eigenvalue weighted by atomic mass is 10.1. The summed E-state index contributed by atoms with van der Waals surface area (Å²) >= 11 is 1.37. The summed E-state index contributed by atoms with van der Waals surface area (Å²) in [7, 11) is 0. The van der Waals surface area contributed by atoms with Crippen LogP contribution in [0.2, 0.25) is 0 Å². The van der Waals surface area contributed by atoms with Gasteiger partial charge in [-0.2, -0.15) is 0 Å². The number of benzene rings is 2. The van der Waals surface area contributed by atoms with Crippen LogP contribution in [0.5, 0.6) is 0 Å². The first-order chi connectivity index (χ1) is 14.3. The molecule has 0 aliphatic carbocycles. The summed E-state index contributed by atoms with van der Waals surface area (Å²) in [5, 5.41) is 2.88. The number of nitrogens with one attached hydrogen (secondary N) is 1. The van der Waals surface area contributed by atoms with Crippen LogP contribution in [-0.2, 0) is 21.9 Å². The van der Waals surface area contributed by atoms with Gasteiger partial charge in [0.25, 0.3) is 0 Å². The Morgan fingerprint density at radius 1 is 1.07 bits per heavy atom. The van der Waals surface area contributed by atoms with Crippen LogP contribution in [0.3, 0.4) is 0 Å². The van der Waals surface area contributed by atoms with E-state index >= 15 is 0 Å². The van der Waals surface area contributed by atoms with E-state index in [0.29, 0.717) is 11.3 Å². The van der Waals surface area contributed by atoms with E-state index in [9.17, 15) is 18.4 Å². The maximum atomic E-state index is 14.2. The normalized spacial score (nSPS) is 12.8. The molecule has 0 saturated carbocycles. The molecule has 0 fully saturated rings. The fraction of sp³-hybridized carbons (Fsp3) is 0.391. The standard InChI is InChI=1S/C23H28F2N2O2S/c1-4-16(2)26-23(29)17(3)27(13-19-7-5-6-8-21(19)25)22(28)15-30-14-18-9-11-20(24)12-10-18/h5-12,16-17H,4,13-15H2,1-3H3,(H,26,29)/t16-,17+/m1/s1. The zero-order chi connectivity index (χ0) is 22.1. The number of thioether (sulfide) groups is 1. The van der Waals surface area contributed by atoms with E-state index in [1.165, 1.54) is 34.9 Å². The predicted octanol–water partition coefficient (Wildman–Crippen LogP) is 4.53. The van der Waals surface area contributed by atoms with E-state index in [-0.39, 0.29) is 36.0 Å². The third-order valence-corrected chi connectivity index (χ3v) is 5.86. The zero-order valence-corrected chi connectivity index (χ0v) is 18.3. The highest BCUT2D eigenvalue weighted by Gasteiger charge is 2.27. The van der Waals surface area contributed by atoms with Gasteiger partial charge in [-0.05, 0) is 44.0 Å². The lowest BCUT2D eigenvalue weighted by Crippen LogP contribution is -2.50. The van der Waals surface area contributed by atoms with E-state index in [1.54, 1.807) is 37.3 Å². The lowest BCUT2D eigenvalue weighted by Gasteiger charge is -2.29. The molecule has 4 nitrogen and oxygen atoms in total. The van der Waals surface area contributed by atoms with Gasteiger partial charge in [0.1, 0.15) is 17.7 Å². The molecular formula is C23H28F2N2O2S. The Bertz CT molecular complexity index is 845. The van der Waals surface area contributed by atoms with Crippen LogP contribution in [0.4, 0.5) is 8.78 Å². The molecule has 0 heterocycles. The van der Waals surface area contributed by atoms with Crippen LogP contribution in [-0.4, -0.2) is 34.6 Å². The largest absolute Gasteiger partial charge is 0.352 e. The van der Waals surface area contributed by atoms with E-state index in [4.69, 9.17) is 0 Å². The molecule has 0 saturated heterocycles. The van der Waals surface area contributed by atoms with E-state index < -0.39 is 11.9 Å². The molecule has 7 heteroatoms. The number of halogens is 2. The molecule has 162 valence electrons. The number of hydrogen-bond donors (Lipinski definition) is 1. The Hall–Kier alpha value is -2.41. The first kappa shape index (κ1) is 23.9. The highest BCUT2D eigenvalue weighted by molar-refractivity contribution is 7.99. The van der Waals surface area contributed by atoms with Crippen LogP contribution in [0.1, 0.15) is 38.3 Å². The van der Waals surface area contributed by atoms with Crippen molar-refractivity contribution in [2.75, 3.05) is 5.75 Å². The Balaban J connectivity index is 2.08. The van der Waals surface area contributed by atoms with Gasteiger partial charge < -0.3 is 10.2 Å². The van der Waals surface area contributed by atoms with Crippen LogP contribution in [0.25, 0.3) is 0 Å². The van der Waals surface area contributed by atoms with Crippen molar-refractivity contribution >= 4 is 23.6 Å². The van der Waals surface area contributed by atoms with Crippen LogP contribution >= 0.6 is 11.8 Å². The number of rotatable bonds is 10. The van der Waals surface area contributed by atoms with Gasteiger partial charge in [-0.3, -0.25) is 9.59 Å². The minimum atomic E-state index is -0.738. The van der Waals surface area contributed by atoms with Gasteiger partial charge in [0, 0.05) is 23.9 Å². The summed E-state index contributed by atoms with van der Waals surface area (Å²) in [5.74, 6) is -0.574. The fourth-order valence-electron chi connectivity index (χ4n) is 2.78. The molecule has 0 aliphatic rings. The number of amides is 2. The molecule has 0 spiro atoms. The molecule has 30 heavy (non-hydrogen) atoms. The van der Waals surface area contributed by atoms with Crippen molar-refractivity contribution in [3.05, 3.63) is 71.3 Å². The van der Waals surface area contributed by atoms with E-state index in [2.05, 4.69) is 5.32 Å². The third-order valence-electron chi connectivity index (χ3n) is 4.87. The number of hydrogen-bond acceptors (Lipinski definition) is 3. The molecule has 2 aromatic carbocycles. The monoisotopic (exact) mass is 434 g/mol. The van der Waals surface area contributed by atoms with Crippen molar-refractivity contribution in [1.82, 2.24) is 10.2 Å². The van der Waals surface area contributed by atoms with Gasteiger partial charge in [-0.1, -0.05) is 37.3 Å². The molecule has 0 bridgehead atoms. The molecule has 2 amide bonds. The zero-order valence-electron chi connectivity index (χ0n) is 17.5. The van der Waals surface area contributed by atoms with Crippen molar-refractivity contribution in [2.45, 2.75) is 51.6 Å². The minimum absolute atomic E-state index is 0.0116. The third kappa shape index (κ3) is 7.13. The molecule has 2 aromatic rings. The molecule has 0 radical (unpaired) electrons. The van der Waals surface area contributed by atoms with Crippen LogP contribution in [0.15, 0.2) is 48.5 Å². The molecule has 2 atom stereocenters. The van der Waals surface area contributed by atoms with Crippen LogP contribution in [0, 0.1) is 11.6 Å². The number of carbonyl (C=O) groups excluding carboxylic acids is 2. The molecule has 2 rings (SSSR count). The highest BCUT2D eigenvalue weighted by Crippen LogP contribution is 2.17. The first-order valence-corrected chi connectivity index (χ1v) is 11.1. The molecule has 0 unspecified atom stereocenters. The highest BCUT2D eigenvalue weighted by atomic mass is 32.2. The summed E-state index contributed by atoms with van der Waals surface area (Å²) in [6.45, 7) is 5.52. The average Bonchev–Trinajstić information content (AvgIpc) is 2.73. The summed E-state index contributed by atoms with van der Waals surface area (Å²) in [4.78, 5) is 27.0. The molecular weight excluding hydrogens is 406 g/mol. The second kappa shape index (κ2) is 11.7. The van der Waals surface area contributed by atoms with Crippen molar-refractivity contribution in [2.24, 2.45) is 0 Å². The Morgan fingerprint density at radius 2 is 1.73 bits per heavy atom. The first-order valence-electron chi connectivity index (χ1n) is 9.97. The maximum Gasteiger partial charge on any atom is 0.242 e. The van der Waals surface area contributed by atoms with Gasteiger partial charge in [0.2, 0.25) is 11.8 Å². The summed E-state index contributed by atoms with van der Waals surface area (Å²) in [6.07, 6.45) is 0.771. The van der Waals surface area contributed by atoms with Crippen molar-refractivity contribution < 1.29 is 18.4 Å². The van der Waals surface area contributed by atoms with Crippen LogP contribution < -0.4 is 5.32 Å². The fourth-order valence-corrected chi connectivity index (χ4v) is 3.65. The molecule has 0 aliphatic heterocycles. The van der Waals surface area contributed by atoms with Gasteiger partial charge in [-0.15, -0.1) is 11.8 Å². The van der Waals surface area contributed by atoms with Gasteiger partial charge in [0.05, 0.1) is 5.75 Å². The summed E-state index contributed by atoms with van der Waals surface area (Å²) < 4.78 is 27.2. The van der Waals surface area contributed by atoms with Gasteiger partial charge in [0.15, 0.2) is 0 Å². The Kier molecular flexibility index (Phi) is 9.30. The number of carbonyl (C=O) groups is 2. The van der Waals surface area contributed by atoms with Crippen molar-refractivity contribution in [3.63, 3.8) is 0 Å². The van der Waals surface area contributed by atoms with Gasteiger partial charge in [-0.25, -0.2) is 8.78 Å². The summed E-state index contributed by atoms with van der Waals surface area (Å²) in [5.41, 5.74) is 1.26. The van der Waals surface area contributed by atoms with Gasteiger partial charge >= 0.3 is 0 Å². The van der Waals surface area contributed by atoms with Crippen molar-refractivity contribution in [1.29, 1.82) is 0 Å². The van der Waals surface area contributed by atoms with E-state index in [0.717, 1.165) is 12.0 Å². The summed E-state index contributed by atoms with van der Waals surface area (Å²) in [6, 6.07) is 11.6. The Morgan fingerprint density at radius 3 is 2.37 bits per heavy atom. The smallest absolute Gasteiger partial charge is 0.242 e. The molecule has 1 N–H and O–H groups in total. The average molecular weight is 435 g/mol. The Labute approximate surface area is 181 Å². The van der Waals surface area contributed by atoms with E-state index in [1.807, 2.05) is 13.8 Å². The molecule has 0 aromatic heterocycles. The topological polar surface area (TPSA) is 49.4 Å². The lowest BCUT2D eigenvalue weighted by molar-refractivity contribution is -0.139. The minimum Gasteiger partial charge on any atom is -0.352 e. The van der Waals surface area contributed by atoms with Crippen molar-refractivity contribution in [3.8, 4) is 0 Å². The number of nitrogens with zero attached hydrogens (tertiary/aromatic N) is 1. The maximum absolute atomic E-state index is 14.2. The quantitative estimate of drug-likeness (QED) is 0.598. The SMILES string of the molecule is CC[C@@H](C)NC(=O)[C@H](C)N(Cc1ccccc1F)C(=O)CSCc1ccc(F)cc1. The predicted molar refractivity (Wildman–Crippen MR) is 117 cm³/mol. The second-order valence-corrected chi connectivity index (χ2v) is 8.21.